The second-order valence-electron chi connectivity index (χ2n) is 40.8. The van der Waals surface area contributed by atoms with Crippen LogP contribution in [0.25, 0.3) is 133 Å². The third-order valence-corrected chi connectivity index (χ3v) is 27.1. The first kappa shape index (κ1) is 106. The number of hydrogen-bond acceptors (Lipinski definition) is 0. The van der Waals surface area contributed by atoms with Gasteiger partial charge >= 0.3 is 17.1 Å². The van der Waals surface area contributed by atoms with E-state index in [1.165, 1.54) is 166 Å². The van der Waals surface area contributed by atoms with Gasteiger partial charge in [-0.1, -0.05) is 494 Å². The first-order valence-electron chi connectivity index (χ1n) is 50.3. The van der Waals surface area contributed by atoms with E-state index in [-0.39, 0.29) is 61.8 Å². The molecule has 6 heterocycles. The van der Waals surface area contributed by atoms with Crippen molar-refractivity contribution in [3.8, 4) is 34.1 Å². The number of nitrogens with zero attached hydrogens (tertiary/aromatic N) is 9. The van der Waals surface area contributed by atoms with Crippen molar-refractivity contribution in [2.45, 2.75) is 237 Å². The van der Waals surface area contributed by atoms with E-state index >= 15 is 0 Å². The van der Waals surface area contributed by atoms with Crippen LogP contribution >= 0.6 is 0 Å². The van der Waals surface area contributed by atoms with E-state index in [2.05, 4.69) is 519 Å². The van der Waals surface area contributed by atoms with E-state index in [9.17, 15) is 0 Å². The summed E-state index contributed by atoms with van der Waals surface area (Å²) >= 11 is 0. The second-order valence-corrected chi connectivity index (χ2v) is 40.8. The molecule has 0 aliphatic carbocycles. The van der Waals surface area contributed by atoms with E-state index in [0.29, 0.717) is 71.0 Å². The number of aromatic nitrogens is 9. The summed E-state index contributed by atoms with van der Waals surface area (Å²) in [6, 6.07) is 116. The third kappa shape index (κ3) is 22.2. The van der Waals surface area contributed by atoms with Gasteiger partial charge in [0.1, 0.15) is 0 Å². The van der Waals surface area contributed by atoms with Crippen LogP contribution < -0.4 is 28.7 Å². The summed E-state index contributed by atoms with van der Waals surface area (Å²) in [5.74, 6) is 5.12. The number of benzene rings is 15. The Bertz CT molecular complexity index is 6510. The molecule has 0 saturated heterocycles. The Morgan fingerprint density at radius 1 is 0.184 bits per heavy atom. The van der Waals surface area contributed by atoms with Gasteiger partial charge in [-0.2, -0.15) is 0 Å². The van der Waals surface area contributed by atoms with Crippen LogP contribution in [0.15, 0.2) is 328 Å². The number of fused-ring (bicyclic) bond motifs is 12. The molecule has 0 fully saturated rings. The Balaban J connectivity index is 0.000000148. The van der Waals surface area contributed by atoms with Gasteiger partial charge in [-0.05, 0) is 170 Å². The van der Waals surface area contributed by atoms with Crippen molar-refractivity contribution in [2.75, 3.05) is 0 Å². The SMILES string of the molecule is CC(C)c1cccc(C(C)C)c1-n1[c-][n+](-c2c(C(C)C)cccc2C(C)C)c2ccccc21.CC(C)c1cccc(C(C)C)c1-n1[c-][n+](-c2c(C(C)C)cccc2C(C)C)c2ccccc21.CC(C)c1cccc(C(C)C)c1-n1[c-][n+](-c2c(C(C)C)cccc2C(C)C)c2ccccc21.[Ag].[Au].[Cu+2].c1ccc2c(c1)[n-]c1ccccc12.c1ccc2c(c1)[n-]c1ccccc12.c1ccc2c(c1)[n-]c1ccccc12. The third-order valence-electron chi connectivity index (χ3n) is 27.1. The predicted octanol–water partition coefficient (Wildman–Crippen LogP) is 33.4. The summed E-state index contributed by atoms with van der Waals surface area (Å²) in [5.41, 5.74) is 37.8. The average Bonchev–Trinajstić information content (AvgIpc) is 1.60. The minimum atomic E-state index is 0. The van der Waals surface area contributed by atoms with Crippen molar-refractivity contribution >= 4 is 98.5 Å². The van der Waals surface area contributed by atoms with Crippen molar-refractivity contribution in [1.29, 1.82) is 0 Å². The van der Waals surface area contributed by atoms with Gasteiger partial charge in [-0.3, -0.25) is 27.4 Å². The Morgan fingerprint density at radius 3 is 0.489 bits per heavy atom. The summed E-state index contributed by atoms with van der Waals surface area (Å²) < 4.78 is 13.9. The van der Waals surface area contributed by atoms with Crippen LogP contribution in [-0.4, -0.2) is 13.7 Å². The van der Waals surface area contributed by atoms with Crippen LogP contribution in [0.3, 0.4) is 0 Å². The summed E-state index contributed by atoms with van der Waals surface area (Å²) in [5, 5.41) is 7.49. The monoisotopic (exact) mass is 2180 g/mol. The molecule has 9 nitrogen and oxygen atoms in total. The van der Waals surface area contributed by atoms with Crippen molar-refractivity contribution < 1.29 is 75.5 Å². The molecular weight excluding hydrogens is 2040 g/mol. The second kappa shape index (κ2) is 46.9. The van der Waals surface area contributed by atoms with Crippen LogP contribution in [-0.2, 0) is 61.8 Å². The topological polar surface area (TPSA) is 68.7 Å². The average molecular weight is 2180 g/mol. The van der Waals surface area contributed by atoms with Crippen LogP contribution in [0.5, 0.6) is 0 Å². The van der Waals surface area contributed by atoms with E-state index in [1.807, 2.05) is 36.4 Å². The zero-order chi connectivity index (χ0) is 97.6. The van der Waals surface area contributed by atoms with Crippen LogP contribution in [0.4, 0.5) is 0 Å². The van der Waals surface area contributed by atoms with Crippen molar-refractivity contribution in [3.63, 3.8) is 0 Å². The molecule has 141 heavy (non-hydrogen) atoms. The maximum absolute atomic E-state index is 4.52. The normalized spacial score (nSPS) is 11.6. The maximum Gasteiger partial charge on any atom is 2.00 e. The Kier molecular flexibility index (Phi) is 35.4. The first-order chi connectivity index (χ1) is 66.5. The van der Waals surface area contributed by atoms with Crippen LogP contribution in [0, 0.1) is 19.0 Å². The Hall–Kier alpha value is -11.9. The quantitative estimate of drug-likeness (QED) is 0.0488. The van der Waals surface area contributed by atoms with Crippen LogP contribution in [0.1, 0.15) is 304 Å². The molecule has 0 bridgehead atoms. The van der Waals surface area contributed by atoms with Gasteiger partial charge in [-0.25, -0.2) is 0 Å². The first-order valence-corrected chi connectivity index (χ1v) is 50.3. The molecule has 0 aliphatic rings. The van der Waals surface area contributed by atoms with Gasteiger partial charge in [0, 0.05) is 44.8 Å². The summed E-state index contributed by atoms with van der Waals surface area (Å²) in [4.78, 5) is 13.5. The van der Waals surface area contributed by atoms with Gasteiger partial charge in [0.2, 0.25) is 0 Å². The molecule has 6 aromatic heterocycles. The van der Waals surface area contributed by atoms with E-state index in [4.69, 9.17) is 0 Å². The van der Waals surface area contributed by atoms with Gasteiger partial charge in [0.25, 0.3) is 19.0 Å². The number of rotatable bonds is 18. The van der Waals surface area contributed by atoms with Crippen molar-refractivity contribution in [2.24, 2.45) is 0 Å². The molecular formula is C129H138AgAuCuN9-. The molecule has 0 aliphatic heterocycles. The fourth-order valence-corrected chi connectivity index (χ4v) is 20.0. The zero-order valence-corrected chi connectivity index (χ0v) is 91.1. The van der Waals surface area contributed by atoms with Crippen molar-refractivity contribution in [3.05, 3.63) is 413 Å². The molecule has 12 heteroatoms. The minimum Gasteiger partial charge on any atom is -0.657 e. The maximum atomic E-state index is 4.52. The summed E-state index contributed by atoms with van der Waals surface area (Å²) in [6.07, 6.45) is 11.5. The summed E-state index contributed by atoms with van der Waals surface area (Å²) in [7, 11) is 0. The number of para-hydroxylation sites is 18. The molecule has 0 amide bonds. The van der Waals surface area contributed by atoms with E-state index in [1.54, 1.807) is 0 Å². The summed E-state index contributed by atoms with van der Waals surface area (Å²) in [6.45, 7) is 54.8. The number of imidazole rings is 3. The molecule has 21 aromatic rings. The van der Waals surface area contributed by atoms with E-state index < -0.39 is 0 Å². The van der Waals surface area contributed by atoms with Crippen LogP contribution in [0.2, 0.25) is 0 Å². The Labute approximate surface area is 879 Å². The van der Waals surface area contributed by atoms with Gasteiger partial charge < -0.3 is 15.0 Å². The molecule has 0 saturated carbocycles. The zero-order valence-electron chi connectivity index (χ0n) is 86.5. The molecule has 0 spiro atoms. The van der Waals surface area contributed by atoms with Gasteiger partial charge in [-0.15, -0.1) is 33.1 Å². The van der Waals surface area contributed by atoms with Gasteiger partial charge in [0.15, 0.2) is 0 Å². The fraction of sp³-hybridized carbons (Fsp3) is 0.279. The molecule has 0 unspecified atom stereocenters. The molecule has 15 aromatic carbocycles. The molecule has 3 radical (unpaired) electrons. The molecule has 21 rings (SSSR count). The number of hydrogen-bond donors (Lipinski definition) is 0. The predicted molar refractivity (Wildman–Crippen MR) is 584 cm³/mol. The minimum absolute atomic E-state index is 0. The molecule has 0 atom stereocenters. The van der Waals surface area contributed by atoms with E-state index in [0.717, 1.165) is 33.1 Å². The van der Waals surface area contributed by atoms with Gasteiger partial charge in [0.05, 0.1) is 67.2 Å². The van der Waals surface area contributed by atoms with Crippen molar-refractivity contribution in [1.82, 2.24) is 28.7 Å². The largest absolute Gasteiger partial charge is 2.00 e. The Morgan fingerprint density at radius 2 is 0.326 bits per heavy atom. The smallest absolute Gasteiger partial charge is 0.657 e. The fourth-order valence-electron chi connectivity index (χ4n) is 20.0. The molecule has 0 N–H and O–H groups in total. The molecule has 733 valence electrons. The standard InChI is InChI=1S/3C31H38N2.3C12H8N.Ag.Au.Cu/c3*1-20(2)24-13-11-14-25(21(3)4)30(24)32-19-33(29-18-10-9-17-28(29)32)31-26(22(5)6)15-12-16-27(31)23(7)8;3*1-3-7-11-9(5-1)10-6-2-4-8-12(10)13-11;;;/h3*9-18,20-23H,1-8H3;3*1-8H;;;/q;;;3*-1;;;+2.